The predicted molar refractivity (Wildman–Crippen MR) is 48.2 cm³/mol. The van der Waals surface area contributed by atoms with E-state index in [1.165, 1.54) is 0 Å². The minimum atomic E-state index is 0.130. The molecule has 0 aliphatic heterocycles. The highest BCUT2D eigenvalue weighted by atomic mass is 16.3. The second kappa shape index (κ2) is 4.28. The molecule has 0 saturated heterocycles. The van der Waals surface area contributed by atoms with Gasteiger partial charge in [0.25, 0.3) is 0 Å². The van der Waals surface area contributed by atoms with Crippen LogP contribution in [0.3, 0.4) is 0 Å². The molecule has 1 aromatic heterocycles. The molecule has 0 aromatic carbocycles. The number of furan rings is 1. The van der Waals surface area contributed by atoms with Gasteiger partial charge in [-0.1, -0.05) is 20.3 Å². The number of hydrazine groups is 1. The lowest BCUT2D eigenvalue weighted by atomic mass is 9.98. The van der Waals surface area contributed by atoms with Gasteiger partial charge in [-0.15, -0.1) is 0 Å². The van der Waals surface area contributed by atoms with Crippen LogP contribution >= 0.6 is 0 Å². The smallest absolute Gasteiger partial charge is 0.122 e. The predicted octanol–water partition coefficient (Wildman–Crippen LogP) is 1.83. The van der Waals surface area contributed by atoms with Gasteiger partial charge >= 0.3 is 0 Å². The second-order valence-electron chi connectivity index (χ2n) is 3.05. The zero-order valence-electron chi connectivity index (χ0n) is 7.58. The van der Waals surface area contributed by atoms with E-state index in [1.807, 2.05) is 12.1 Å². The molecule has 12 heavy (non-hydrogen) atoms. The number of hydrogen-bond acceptors (Lipinski definition) is 3. The molecular weight excluding hydrogens is 152 g/mol. The van der Waals surface area contributed by atoms with Crippen LogP contribution in [0.15, 0.2) is 22.8 Å². The highest BCUT2D eigenvalue weighted by Crippen LogP contribution is 2.23. The summed E-state index contributed by atoms with van der Waals surface area (Å²) in [7, 11) is 0. The Kier molecular flexibility index (Phi) is 3.31. The Morgan fingerprint density at radius 2 is 2.42 bits per heavy atom. The van der Waals surface area contributed by atoms with Gasteiger partial charge in [-0.25, -0.2) is 5.43 Å². The highest BCUT2D eigenvalue weighted by molar-refractivity contribution is 5.04. The topological polar surface area (TPSA) is 51.2 Å². The number of hydrogen-bond donors (Lipinski definition) is 2. The summed E-state index contributed by atoms with van der Waals surface area (Å²) in [5.74, 6) is 6.83. The Morgan fingerprint density at radius 3 is 2.83 bits per heavy atom. The van der Waals surface area contributed by atoms with Crippen LogP contribution in [-0.4, -0.2) is 0 Å². The number of nitrogens with two attached hydrogens (primary N) is 1. The lowest BCUT2D eigenvalue weighted by molar-refractivity contribution is 0.323. The molecule has 68 valence electrons. The molecule has 0 aliphatic carbocycles. The molecule has 0 spiro atoms. The number of rotatable bonds is 4. The standard InChI is InChI=1S/C9H16N2O/c1-3-7(2)9(11-10)8-5-4-6-12-8/h4-7,9,11H,3,10H2,1-2H3. The molecule has 3 heteroatoms. The summed E-state index contributed by atoms with van der Waals surface area (Å²) in [6, 6.07) is 3.95. The van der Waals surface area contributed by atoms with Crippen molar-refractivity contribution < 1.29 is 4.42 Å². The van der Waals surface area contributed by atoms with Gasteiger partial charge in [-0.05, 0) is 18.1 Å². The third-order valence-corrected chi connectivity index (χ3v) is 2.24. The van der Waals surface area contributed by atoms with Crippen molar-refractivity contribution in [2.24, 2.45) is 11.8 Å². The Hall–Kier alpha value is -0.800. The second-order valence-corrected chi connectivity index (χ2v) is 3.05. The van der Waals surface area contributed by atoms with E-state index in [-0.39, 0.29) is 6.04 Å². The fraction of sp³-hybridized carbons (Fsp3) is 0.556. The molecule has 0 bridgehead atoms. The summed E-state index contributed by atoms with van der Waals surface area (Å²) in [5, 5.41) is 0. The van der Waals surface area contributed by atoms with Gasteiger partial charge in [-0.2, -0.15) is 0 Å². The Bertz CT molecular complexity index is 208. The van der Waals surface area contributed by atoms with E-state index in [1.54, 1.807) is 6.26 Å². The SMILES string of the molecule is CCC(C)C(NN)c1ccco1. The molecule has 0 amide bonds. The first-order valence-electron chi connectivity index (χ1n) is 4.29. The molecule has 2 atom stereocenters. The van der Waals surface area contributed by atoms with E-state index >= 15 is 0 Å². The summed E-state index contributed by atoms with van der Waals surface area (Å²) < 4.78 is 5.27. The van der Waals surface area contributed by atoms with Gasteiger partial charge in [0.1, 0.15) is 5.76 Å². The molecule has 1 rings (SSSR count). The molecule has 0 saturated carbocycles. The molecule has 3 nitrogen and oxygen atoms in total. The lowest BCUT2D eigenvalue weighted by Gasteiger charge is -2.19. The van der Waals surface area contributed by atoms with Crippen molar-refractivity contribution in [3.8, 4) is 0 Å². The monoisotopic (exact) mass is 168 g/mol. The molecule has 3 N–H and O–H groups in total. The molecule has 1 aromatic rings. The minimum absolute atomic E-state index is 0.130. The van der Waals surface area contributed by atoms with Crippen molar-refractivity contribution in [2.75, 3.05) is 0 Å². The summed E-state index contributed by atoms with van der Waals surface area (Å²) >= 11 is 0. The van der Waals surface area contributed by atoms with Gasteiger partial charge < -0.3 is 4.42 Å². The van der Waals surface area contributed by atoms with Gasteiger partial charge in [-0.3, -0.25) is 5.84 Å². The first kappa shape index (κ1) is 9.29. The lowest BCUT2D eigenvalue weighted by Crippen LogP contribution is -2.32. The quantitative estimate of drug-likeness (QED) is 0.532. The van der Waals surface area contributed by atoms with Crippen LogP contribution in [-0.2, 0) is 0 Å². The van der Waals surface area contributed by atoms with Crippen LogP contribution in [0.1, 0.15) is 32.1 Å². The molecular formula is C9H16N2O. The van der Waals surface area contributed by atoms with Crippen LogP contribution in [0.4, 0.5) is 0 Å². The summed E-state index contributed by atoms with van der Waals surface area (Å²) in [4.78, 5) is 0. The molecule has 0 aliphatic rings. The molecule has 0 radical (unpaired) electrons. The fourth-order valence-electron chi connectivity index (χ4n) is 1.23. The zero-order valence-corrected chi connectivity index (χ0v) is 7.58. The summed E-state index contributed by atoms with van der Waals surface area (Å²) in [5.41, 5.74) is 2.76. The summed E-state index contributed by atoms with van der Waals surface area (Å²) in [6.07, 6.45) is 2.75. The highest BCUT2D eigenvalue weighted by Gasteiger charge is 2.18. The Balaban J connectivity index is 2.69. The average molecular weight is 168 g/mol. The van der Waals surface area contributed by atoms with Crippen molar-refractivity contribution in [3.63, 3.8) is 0 Å². The van der Waals surface area contributed by atoms with Crippen molar-refractivity contribution in [3.05, 3.63) is 24.2 Å². The zero-order chi connectivity index (χ0) is 8.97. The average Bonchev–Trinajstić information content (AvgIpc) is 2.58. The maximum absolute atomic E-state index is 5.43. The molecule has 2 unspecified atom stereocenters. The van der Waals surface area contributed by atoms with Crippen molar-refractivity contribution >= 4 is 0 Å². The van der Waals surface area contributed by atoms with Crippen LogP contribution < -0.4 is 11.3 Å². The van der Waals surface area contributed by atoms with Gasteiger partial charge in [0.2, 0.25) is 0 Å². The van der Waals surface area contributed by atoms with E-state index < -0.39 is 0 Å². The molecule has 0 fully saturated rings. The maximum atomic E-state index is 5.43. The van der Waals surface area contributed by atoms with Gasteiger partial charge in [0.05, 0.1) is 12.3 Å². The third-order valence-electron chi connectivity index (χ3n) is 2.24. The normalized spacial score (nSPS) is 15.9. The van der Waals surface area contributed by atoms with E-state index in [2.05, 4.69) is 19.3 Å². The van der Waals surface area contributed by atoms with Crippen molar-refractivity contribution in [1.29, 1.82) is 0 Å². The largest absolute Gasteiger partial charge is 0.468 e. The van der Waals surface area contributed by atoms with Crippen LogP contribution in [0.25, 0.3) is 0 Å². The van der Waals surface area contributed by atoms with E-state index in [0.29, 0.717) is 5.92 Å². The molecule has 1 heterocycles. The van der Waals surface area contributed by atoms with Crippen LogP contribution in [0, 0.1) is 5.92 Å². The Morgan fingerprint density at radius 1 is 1.67 bits per heavy atom. The van der Waals surface area contributed by atoms with Crippen molar-refractivity contribution in [1.82, 2.24) is 5.43 Å². The van der Waals surface area contributed by atoms with Gasteiger partial charge in [0, 0.05) is 0 Å². The fourth-order valence-corrected chi connectivity index (χ4v) is 1.23. The third kappa shape index (κ3) is 1.87. The van der Waals surface area contributed by atoms with E-state index in [0.717, 1.165) is 12.2 Å². The van der Waals surface area contributed by atoms with Crippen LogP contribution in [0.2, 0.25) is 0 Å². The van der Waals surface area contributed by atoms with E-state index in [4.69, 9.17) is 10.3 Å². The first-order chi connectivity index (χ1) is 5.79. The first-order valence-corrected chi connectivity index (χ1v) is 4.29. The van der Waals surface area contributed by atoms with E-state index in [9.17, 15) is 0 Å². The Labute approximate surface area is 72.9 Å². The summed E-state index contributed by atoms with van der Waals surface area (Å²) in [6.45, 7) is 4.28. The van der Waals surface area contributed by atoms with Crippen molar-refractivity contribution in [2.45, 2.75) is 26.3 Å². The van der Waals surface area contributed by atoms with Gasteiger partial charge in [0.15, 0.2) is 0 Å². The maximum Gasteiger partial charge on any atom is 0.122 e. The van der Waals surface area contributed by atoms with Crippen LogP contribution in [0.5, 0.6) is 0 Å². The minimum Gasteiger partial charge on any atom is -0.468 e. The number of nitrogens with one attached hydrogen (secondary N) is 1.